The van der Waals surface area contributed by atoms with Crippen LogP contribution in [0.25, 0.3) is 0 Å². The highest BCUT2D eigenvalue weighted by molar-refractivity contribution is 7.80. The maximum Gasteiger partial charge on any atom is 0.251 e. The molecule has 2 aromatic rings. The van der Waals surface area contributed by atoms with Crippen LogP contribution in [0.5, 0.6) is 0 Å². The fourth-order valence-corrected chi connectivity index (χ4v) is 2.64. The molecular formula is C18H14FN3O2S. The first kappa shape index (κ1) is 16.9. The van der Waals surface area contributed by atoms with Crippen LogP contribution >= 0.6 is 12.2 Å². The molecular weight excluding hydrogens is 341 g/mol. The van der Waals surface area contributed by atoms with Crippen LogP contribution in [0.15, 0.2) is 53.5 Å². The smallest absolute Gasteiger partial charge is 0.251 e. The molecule has 1 aliphatic rings. The number of aliphatic imine (C=N–C) groups is 1. The zero-order valence-electron chi connectivity index (χ0n) is 13.3. The van der Waals surface area contributed by atoms with E-state index in [9.17, 15) is 14.0 Å². The molecule has 0 radical (unpaired) electrons. The van der Waals surface area contributed by atoms with Crippen LogP contribution in [-0.2, 0) is 9.59 Å². The third kappa shape index (κ3) is 3.61. The lowest BCUT2D eigenvalue weighted by molar-refractivity contribution is -0.130. The Bertz CT molecular complexity index is 863. The molecule has 1 aliphatic heterocycles. The molecule has 0 unspecified atom stereocenters. The Hall–Kier alpha value is -2.93. The summed E-state index contributed by atoms with van der Waals surface area (Å²) in [6.07, 6.45) is 1.24. The topological polar surface area (TPSA) is 61.8 Å². The first-order valence-corrected chi connectivity index (χ1v) is 7.92. The number of benzene rings is 2. The molecule has 2 amide bonds. The number of hydrogen-bond donors (Lipinski definition) is 1. The SMILES string of the molecule is Cc1ccc(N2C(=O)[C@@H](C=Nc3ccc(F)cc3)C(=O)NC2=S)cc1. The van der Waals surface area contributed by atoms with Crippen LogP contribution in [0.4, 0.5) is 15.8 Å². The van der Waals surface area contributed by atoms with E-state index in [-0.39, 0.29) is 10.9 Å². The van der Waals surface area contributed by atoms with Gasteiger partial charge < -0.3 is 5.32 Å². The summed E-state index contributed by atoms with van der Waals surface area (Å²) in [6.45, 7) is 1.93. The number of carbonyl (C=O) groups excluding carboxylic acids is 2. The molecule has 0 spiro atoms. The molecule has 0 bridgehead atoms. The van der Waals surface area contributed by atoms with Crippen molar-refractivity contribution in [1.29, 1.82) is 0 Å². The van der Waals surface area contributed by atoms with Crippen molar-refractivity contribution in [3.63, 3.8) is 0 Å². The predicted molar refractivity (Wildman–Crippen MR) is 97.4 cm³/mol. The first-order valence-electron chi connectivity index (χ1n) is 7.51. The molecule has 2 aromatic carbocycles. The number of nitrogens with one attached hydrogen (secondary N) is 1. The number of anilines is 1. The summed E-state index contributed by atoms with van der Waals surface area (Å²) in [5.74, 6) is -2.52. The largest absolute Gasteiger partial charge is 0.301 e. The van der Waals surface area contributed by atoms with Crippen molar-refractivity contribution < 1.29 is 14.0 Å². The van der Waals surface area contributed by atoms with Crippen LogP contribution in [0.2, 0.25) is 0 Å². The van der Waals surface area contributed by atoms with Crippen molar-refractivity contribution in [1.82, 2.24) is 5.32 Å². The highest BCUT2D eigenvalue weighted by Gasteiger charge is 2.38. The molecule has 1 saturated heterocycles. The molecule has 0 aliphatic carbocycles. The zero-order valence-corrected chi connectivity index (χ0v) is 14.1. The Balaban J connectivity index is 1.87. The Labute approximate surface area is 149 Å². The minimum absolute atomic E-state index is 0.0327. The highest BCUT2D eigenvalue weighted by atomic mass is 32.1. The summed E-state index contributed by atoms with van der Waals surface area (Å²) in [6, 6.07) is 12.6. The van der Waals surface area contributed by atoms with Crippen molar-refractivity contribution in [2.24, 2.45) is 10.9 Å². The molecule has 1 N–H and O–H groups in total. The molecule has 5 nitrogen and oxygen atoms in total. The van der Waals surface area contributed by atoms with Crippen LogP contribution in [0.1, 0.15) is 5.56 Å². The second-order valence-corrected chi connectivity index (χ2v) is 5.92. The van der Waals surface area contributed by atoms with Gasteiger partial charge in [-0.3, -0.25) is 19.5 Å². The molecule has 25 heavy (non-hydrogen) atoms. The summed E-state index contributed by atoms with van der Waals surface area (Å²) < 4.78 is 12.9. The van der Waals surface area contributed by atoms with E-state index < -0.39 is 17.7 Å². The first-order chi connectivity index (χ1) is 12.0. The number of hydrogen-bond acceptors (Lipinski definition) is 4. The van der Waals surface area contributed by atoms with Crippen molar-refractivity contribution in [3.8, 4) is 0 Å². The number of amides is 2. The number of carbonyl (C=O) groups is 2. The zero-order chi connectivity index (χ0) is 18.0. The van der Waals surface area contributed by atoms with Gasteiger partial charge in [-0.15, -0.1) is 0 Å². The van der Waals surface area contributed by atoms with E-state index in [1.165, 1.54) is 35.4 Å². The molecule has 1 heterocycles. The van der Waals surface area contributed by atoms with Crippen LogP contribution < -0.4 is 10.2 Å². The Morgan fingerprint density at radius 3 is 2.40 bits per heavy atom. The minimum atomic E-state index is -1.11. The third-order valence-electron chi connectivity index (χ3n) is 3.69. The van der Waals surface area contributed by atoms with E-state index in [1.54, 1.807) is 12.1 Å². The molecule has 1 fully saturated rings. The second kappa shape index (κ2) is 6.90. The van der Waals surface area contributed by atoms with Crippen LogP contribution in [0, 0.1) is 18.7 Å². The normalized spacial score (nSPS) is 17.9. The van der Waals surface area contributed by atoms with Gasteiger partial charge in [0.15, 0.2) is 11.0 Å². The summed E-state index contributed by atoms with van der Waals surface area (Å²) in [5.41, 5.74) is 2.05. The Morgan fingerprint density at radius 1 is 1.12 bits per heavy atom. The van der Waals surface area contributed by atoms with E-state index in [1.807, 2.05) is 19.1 Å². The lowest BCUT2D eigenvalue weighted by atomic mass is 10.1. The van der Waals surface area contributed by atoms with Gasteiger partial charge in [0.1, 0.15) is 5.82 Å². The second-order valence-electron chi connectivity index (χ2n) is 5.54. The minimum Gasteiger partial charge on any atom is -0.301 e. The number of aryl methyl sites for hydroxylation is 1. The third-order valence-corrected chi connectivity index (χ3v) is 3.98. The summed E-state index contributed by atoms with van der Waals surface area (Å²) >= 11 is 5.13. The van der Waals surface area contributed by atoms with Gasteiger partial charge in [0, 0.05) is 6.21 Å². The monoisotopic (exact) mass is 355 g/mol. The van der Waals surface area contributed by atoms with Crippen molar-refractivity contribution in [2.75, 3.05) is 4.90 Å². The van der Waals surface area contributed by atoms with Gasteiger partial charge in [-0.05, 0) is 55.5 Å². The van der Waals surface area contributed by atoms with E-state index in [2.05, 4.69) is 10.3 Å². The van der Waals surface area contributed by atoms with Gasteiger partial charge in [0.2, 0.25) is 5.91 Å². The fourth-order valence-electron chi connectivity index (χ4n) is 2.35. The van der Waals surface area contributed by atoms with Gasteiger partial charge in [0.25, 0.3) is 5.91 Å². The number of nitrogens with zero attached hydrogens (tertiary/aromatic N) is 2. The molecule has 3 rings (SSSR count). The Kier molecular flexibility index (Phi) is 4.67. The van der Waals surface area contributed by atoms with Gasteiger partial charge in [-0.1, -0.05) is 17.7 Å². The molecule has 0 aromatic heterocycles. The van der Waals surface area contributed by atoms with Crippen molar-refractivity contribution in [2.45, 2.75) is 6.92 Å². The summed E-state index contributed by atoms with van der Waals surface area (Å²) in [5, 5.41) is 2.55. The fraction of sp³-hybridized carbons (Fsp3) is 0.111. The van der Waals surface area contributed by atoms with E-state index in [4.69, 9.17) is 12.2 Å². The quantitative estimate of drug-likeness (QED) is 0.523. The van der Waals surface area contributed by atoms with Gasteiger partial charge in [-0.25, -0.2) is 4.39 Å². The van der Waals surface area contributed by atoms with Crippen LogP contribution in [0.3, 0.4) is 0 Å². The lowest BCUT2D eigenvalue weighted by Crippen LogP contribution is -2.58. The Morgan fingerprint density at radius 2 is 1.76 bits per heavy atom. The van der Waals surface area contributed by atoms with E-state index >= 15 is 0 Å². The maximum atomic E-state index is 12.9. The lowest BCUT2D eigenvalue weighted by Gasteiger charge is -2.30. The predicted octanol–water partition coefficient (Wildman–Crippen LogP) is 2.90. The highest BCUT2D eigenvalue weighted by Crippen LogP contribution is 2.21. The number of halogens is 1. The average molecular weight is 355 g/mol. The van der Waals surface area contributed by atoms with Gasteiger partial charge in [-0.2, -0.15) is 0 Å². The van der Waals surface area contributed by atoms with Gasteiger partial charge in [0.05, 0.1) is 11.4 Å². The van der Waals surface area contributed by atoms with Crippen molar-refractivity contribution >= 4 is 46.7 Å². The maximum absolute atomic E-state index is 12.9. The van der Waals surface area contributed by atoms with E-state index in [0.29, 0.717) is 11.4 Å². The van der Waals surface area contributed by atoms with Crippen molar-refractivity contribution in [3.05, 3.63) is 59.9 Å². The number of thiocarbonyl (C=S) groups is 1. The number of rotatable bonds is 3. The van der Waals surface area contributed by atoms with Crippen LogP contribution in [-0.4, -0.2) is 23.1 Å². The summed E-state index contributed by atoms with van der Waals surface area (Å²) in [7, 11) is 0. The average Bonchev–Trinajstić information content (AvgIpc) is 2.57. The van der Waals surface area contributed by atoms with E-state index in [0.717, 1.165) is 5.56 Å². The molecule has 7 heteroatoms. The summed E-state index contributed by atoms with van der Waals surface area (Å²) in [4.78, 5) is 30.2. The molecule has 1 atom stereocenters. The molecule has 0 saturated carbocycles. The standard InChI is InChI=1S/C18H14FN3O2S/c1-11-2-8-14(9-3-11)22-17(24)15(16(23)21-18(22)25)10-20-13-6-4-12(19)5-7-13/h2-10,15H,1H3,(H,21,23,25)/t15-/m0/s1. The molecule has 126 valence electrons. The van der Waals surface area contributed by atoms with Gasteiger partial charge >= 0.3 is 0 Å².